The molecule has 1 saturated carbocycles. The number of nitrogens with one attached hydrogen (secondary N) is 1. The molecule has 0 saturated heterocycles. The molecule has 3 heteroatoms. The maximum atomic E-state index is 12.9. The van der Waals surface area contributed by atoms with E-state index in [0.717, 1.165) is 11.6 Å². The number of benzene rings is 1. The first-order chi connectivity index (χ1) is 6.74. The van der Waals surface area contributed by atoms with Crippen molar-refractivity contribution in [2.75, 3.05) is 0 Å². The molecule has 1 aromatic carbocycles. The van der Waals surface area contributed by atoms with Crippen molar-refractivity contribution in [2.45, 2.75) is 31.8 Å². The summed E-state index contributed by atoms with van der Waals surface area (Å²) >= 11 is 0. The predicted molar refractivity (Wildman–Crippen MR) is 52.5 cm³/mol. The summed E-state index contributed by atoms with van der Waals surface area (Å²) in [7, 11) is 0. The fourth-order valence-electron chi connectivity index (χ4n) is 1.61. The van der Waals surface area contributed by atoms with Crippen molar-refractivity contribution in [1.82, 2.24) is 5.32 Å². The molecule has 0 atom stereocenters. The van der Waals surface area contributed by atoms with Crippen LogP contribution in [0.3, 0.4) is 0 Å². The highest BCUT2D eigenvalue weighted by molar-refractivity contribution is 5.28. The fraction of sp³-hybridized carbons (Fsp3) is 0.455. The highest BCUT2D eigenvalue weighted by Gasteiger charge is 2.16. The molecular weight excluding hydrogens is 181 g/mol. The monoisotopic (exact) mass is 195 g/mol. The predicted octanol–water partition coefficient (Wildman–Crippen LogP) is 2.17. The maximum Gasteiger partial charge on any atom is 0.127 e. The van der Waals surface area contributed by atoms with Crippen molar-refractivity contribution >= 4 is 0 Å². The zero-order valence-corrected chi connectivity index (χ0v) is 7.96. The van der Waals surface area contributed by atoms with Gasteiger partial charge in [-0.05, 0) is 30.5 Å². The van der Waals surface area contributed by atoms with E-state index in [-0.39, 0.29) is 11.6 Å². The standard InChI is InChI=1S/C11H14FNO/c12-9-4-8(5-11(14)6-9)7-13-10-2-1-3-10/h4-6,10,13-14H,1-3,7H2. The van der Waals surface area contributed by atoms with Gasteiger partial charge in [0.25, 0.3) is 0 Å². The van der Waals surface area contributed by atoms with Gasteiger partial charge in [-0.25, -0.2) is 4.39 Å². The van der Waals surface area contributed by atoms with Crippen molar-refractivity contribution in [3.8, 4) is 5.75 Å². The van der Waals surface area contributed by atoms with E-state index in [1.165, 1.54) is 25.3 Å². The normalized spacial score (nSPS) is 16.6. The molecule has 0 unspecified atom stereocenters. The minimum Gasteiger partial charge on any atom is -0.508 e. The Morgan fingerprint density at radius 2 is 2.14 bits per heavy atom. The number of phenolic OH excluding ortho intramolecular Hbond substituents is 1. The second-order valence-corrected chi connectivity index (χ2v) is 3.83. The van der Waals surface area contributed by atoms with Gasteiger partial charge in [-0.2, -0.15) is 0 Å². The molecule has 1 aliphatic carbocycles. The van der Waals surface area contributed by atoms with Crippen LogP contribution in [0, 0.1) is 5.82 Å². The highest BCUT2D eigenvalue weighted by atomic mass is 19.1. The van der Waals surface area contributed by atoms with Crippen LogP contribution in [0.4, 0.5) is 4.39 Å². The lowest BCUT2D eigenvalue weighted by molar-refractivity contribution is 0.338. The third-order valence-corrected chi connectivity index (χ3v) is 2.64. The van der Waals surface area contributed by atoms with Crippen LogP contribution in [0.2, 0.25) is 0 Å². The smallest absolute Gasteiger partial charge is 0.127 e. The summed E-state index contributed by atoms with van der Waals surface area (Å²) in [6.07, 6.45) is 3.70. The van der Waals surface area contributed by atoms with Crippen LogP contribution in [0.1, 0.15) is 24.8 Å². The molecule has 2 N–H and O–H groups in total. The van der Waals surface area contributed by atoms with Gasteiger partial charge in [0.15, 0.2) is 0 Å². The Balaban J connectivity index is 1.94. The Hall–Kier alpha value is -1.09. The van der Waals surface area contributed by atoms with Gasteiger partial charge in [-0.1, -0.05) is 6.42 Å². The molecule has 2 nitrogen and oxygen atoms in total. The van der Waals surface area contributed by atoms with Gasteiger partial charge < -0.3 is 10.4 Å². The number of rotatable bonds is 3. The lowest BCUT2D eigenvalue weighted by Crippen LogP contribution is -2.34. The number of phenols is 1. The van der Waals surface area contributed by atoms with Crippen LogP contribution in [0.5, 0.6) is 5.75 Å². The Kier molecular flexibility index (Phi) is 2.68. The Labute approximate surface area is 82.8 Å². The molecule has 76 valence electrons. The van der Waals surface area contributed by atoms with Crippen LogP contribution >= 0.6 is 0 Å². The fourth-order valence-corrected chi connectivity index (χ4v) is 1.61. The second kappa shape index (κ2) is 3.96. The summed E-state index contributed by atoms with van der Waals surface area (Å²) in [5.74, 6) is -0.384. The topological polar surface area (TPSA) is 32.3 Å². The molecule has 0 amide bonds. The van der Waals surface area contributed by atoms with Gasteiger partial charge in [-0.15, -0.1) is 0 Å². The molecule has 0 aromatic heterocycles. The van der Waals surface area contributed by atoms with E-state index in [9.17, 15) is 4.39 Å². The zero-order chi connectivity index (χ0) is 9.97. The average molecular weight is 195 g/mol. The molecule has 1 aliphatic rings. The third-order valence-electron chi connectivity index (χ3n) is 2.64. The van der Waals surface area contributed by atoms with Gasteiger partial charge >= 0.3 is 0 Å². The van der Waals surface area contributed by atoms with Crippen molar-refractivity contribution < 1.29 is 9.50 Å². The summed E-state index contributed by atoms with van der Waals surface area (Å²) in [6.45, 7) is 0.635. The molecular formula is C11H14FNO. The Morgan fingerprint density at radius 3 is 2.71 bits per heavy atom. The molecule has 1 fully saturated rings. The van der Waals surface area contributed by atoms with E-state index in [1.54, 1.807) is 6.07 Å². The van der Waals surface area contributed by atoms with E-state index < -0.39 is 0 Å². The van der Waals surface area contributed by atoms with E-state index in [2.05, 4.69) is 5.32 Å². The van der Waals surface area contributed by atoms with Crippen LogP contribution < -0.4 is 5.32 Å². The summed E-state index contributed by atoms with van der Waals surface area (Å²) in [6, 6.07) is 4.74. The number of halogens is 1. The summed E-state index contributed by atoms with van der Waals surface area (Å²) in [4.78, 5) is 0. The van der Waals surface area contributed by atoms with Crippen LogP contribution in [0.25, 0.3) is 0 Å². The second-order valence-electron chi connectivity index (χ2n) is 3.83. The number of hydrogen-bond donors (Lipinski definition) is 2. The molecule has 0 heterocycles. The highest BCUT2D eigenvalue weighted by Crippen LogP contribution is 2.19. The zero-order valence-electron chi connectivity index (χ0n) is 7.96. The Bertz CT molecular complexity index is 303. The molecule has 2 rings (SSSR count). The van der Waals surface area contributed by atoms with Crippen LogP contribution in [-0.2, 0) is 6.54 Å². The van der Waals surface area contributed by atoms with E-state index in [4.69, 9.17) is 5.11 Å². The van der Waals surface area contributed by atoms with E-state index >= 15 is 0 Å². The summed E-state index contributed by atoms with van der Waals surface area (Å²) < 4.78 is 12.9. The largest absolute Gasteiger partial charge is 0.508 e. The van der Waals surface area contributed by atoms with Gasteiger partial charge in [0.1, 0.15) is 11.6 Å². The van der Waals surface area contributed by atoms with Gasteiger partial charge in [0, 0.05) is 18.7 Å². The van der Waals surface area contributed by atoms with Crippen molar-refractivity contribution in [2.24, 2.45) is 0 Å². The average Bonchev–Trinajstić information content (AvgIpc) is 1.99. The first-order valence-corrected chi connectivity index (χ1v) is 4.96. The third kappa shape index (κ3) is 2.23. The molecule has 0 radical (unpaired) electrons. The first kappa shape index (κ1) is 9.46. The first-order valence-electron chi connectivity index (χ1n) is 4.96. The van der Waals surface area contributed by atoms with Crippen molar-refractivity contribution in [3.63, 3.8) is 0 Å². The van der Waals surface area contributed by atoms with E-state index in [0.29, 0.717) is 12.6 Å². The number of aromatic hydroxyl groups is 1. The van der Waals surface area contributed by atoms with E-state index in [1.807, 2.05) is 0 Å². The molecule has 0 spiro atoms. The van der Waals surface area contributed by atoms with Gasteiger partial charge in [0.2, 0.25) is 0 Å². The van der Waals surface area contributed by atoms with Gasteiger partial charge in [0.05, 0.1) is 0 Å². The minimum atomic E-state index is -0.379. The van der Waals surface area contributed by atoms with Gasteiger partial charge in [-0.3, -0.25) is 0 Å². The molecule has 1 aromatic rings. The summed E-state index contributed by atoms with van der Waals surface area (Å²) in [5, 5.41) is 12.5. The maximum absolute atomic E-state index is 12.9. The lowest BCUT2D eigenvalue weighted by atomic mass is 9.93. The Morgan fingerprint density at radius 1 is 1.36 bits per heavy atom. The van der Waals surface area contributed by atoms with Crippen molar-refractivity contribution in [1.29, 1.82) is 0 Å². The van der Waals surface area contributed by atoms with Crippen LogP contribution in [-0.4, -0.2) is 11.1 Å². The minimum absolute atomic E-state index is 0.00425. The van der Waals surface area contributed by atoms with Crippen LogP contribution in [0.15, 0.2) is 18.2 Å². The quantitative estimate of drug-likeness (QED) is 0.774. The SMILES string of the molecule is Oc1cc(F)cc(CNC2CCC2)c1. The molecule has 0 aliphatic heterocycles. The number of hydrogen-bond acceptors (Lipinski definition) is 2. The molecule has 14 heavy (non-hydrogen) atoms. The summed E-state index contributed by atoms with van der Waals surface area (Å²) in [5.41, 5.74) is 0.800. The molecule has 0 bridgehead atoms. The lowest BCUT2D eigenvalue weighted by Gasteiger charge is -2.26. The van der Waals surface area contributed by atoms with Crippen molar-refractivity contribution in [3.05, 3.63) is 29.6 Å².